The first-order valence-electron chi connectivity index (χ1n) is 12.2. The summed E-state index contributed by atoms with van der Waals surface area (Å²) in [5, 5.41) is 11.4. The quantitative estimate of drug-likeness (QED) is 0.240. The van der Waals surface area contributed by atoms with Crippen LogP contribution in [-0.4, -0.2) is 37.4 Å². The number of rotatable bonds is 6. The van der Waals surface area contributed by atoms with E-state index in [9.17, 15) is 18.1 Å². The van der Waals surface area contributed by atoms with Gasteiger partial charge in [-0.25, -0.2) is 8.42 Å². The van der Waals surface area contributed by atoms with Crippen molar-refractivity contribution >= 4 is 27.2 Å². The van der Waals surface area contributed by atoms with Crippen molar-refractivity contribution in [3.63, 3.8) is 0 Å². The fraction of sp³-hybridized carbons (Fsp3) is 0.300. The standard InChI is InChI=1S/C30H34N2O4S.Na/c1-29(2)23-18-21(20-33)14-16-25(23)31(5)27(29)12-10-8-7-9-11-13-28-30(3,4)24-19-22(37(34,35)36)15-17-26(24)32(28)6;/h7-19H,20H2,1-6H3,(H,34,35,36);/q;+1/p-1. The van der Waals surface area contributed by atoms with Gasteiger partial charge in [-0.15, -0.1) is 6.61 Å². The van der Waals surface area contributed by atoms with E-state index in [4.69, 9.17) is 0 Å². The summed E-state index contributed by atoms with van der Waals surface area (Å²) >= 11 is 0. The van der Waals surface area contributed by atoms with Crippen LogP contribution in [0.15, 0.2) is 89.5 Å². The molecule has 0 spiro atoms. The first kappa shape index (κ1) is 30.3. The molecule has 0 aromatic heterocycles. The van der Waals surface area contributed by atoms with E-state index in [2.05, 4.69) is 24.8 Å². The zero-order valence-corrected chi connectivity index (χ0v) is 26.0. The second kappa shape index (κ2) is 11.1. The first-order valence-corrected chi connectivity index (χ1v) is 13.6. The molecule has 38 heavy (non-hydrogen) atoms. The van der Waals surface area contributed by atoms with Crippen LogP contribution in [-0.2, 0) is 27.6 Å². The van der Waals surface area contributed by atoms with Gasteiger partial charge >= 0.3 is 29.6 Å². The van der Waals surface area contributed by atoms with Crippen molar-refractivity contribution in [1.29, 1.82) is 0 Å². The summed E-state index contributed by atoms with van der Waals surface area (Å²) in [6.07, 6.45) is 13.9. The molecular formula is C30H33N2NaO4S. The Kier molecular flexibility index (Phi) is 8.83. The van der Waals surface area contributed by atoms with Gasteiger partial charge in [0.05, 0.1) is 10.3 Å². The molecule has 0 atom stereocenters. The molecule has 0 saturated heterocycles. The number of allylic oxidation sites excluding steroid dienone is 8. The zero-order chi connectivity index (χ0) is 27.2. The second-order valence-electron chi connectivity index (χ2n) is 10.6. The van der Waals surface area contributed by atoms with Crippen LogP contribution in [0.4, 0.5) is 11.4 Å². The van der Waals surface area contributed by atoms with Crippen molar-refractivity contribution in [2.75, 3.05) is 19.0 Å². The van der Waals surface area contributed by atoms with Crippen LogP contribution in [0.5, 0.6) is 0 Å². The van der Waals surface area contributed by atoms with Crippen LogP contribution in [0, 0.1) is 0 Å². The van der Waals surface area contributed by atoms with Crippen molar-refractivity contribution in [2.24, 2.45) is 0 Å². The van der Waals surface area contributed by atoms with Gasteiger partial charge in [0.25, 0.3) is 0 Å². The molecule has 4 rings (SSSR count). The molecule has 0 fully saturated rings. The molecule has 2 heterocycles. The fourth-order valence-corrected chi connectivity index (χ4v) is 5.93. The minimum atomic E-state index is -4.51. The number of likely N-dealkylation sites (N-methyl/N-ethyl adjacent to an activating group) is 1. The van der Waals surface area contributed by atoms with Crippen molar-refractivity contribution in [1.82, 2.24) is 0 Å². The van der Waals surface area contributed by atoms with Crippen molar-refractivity contribution in [3.8, 4) is 0 Å². The molecule has 194 valence electrons. The molecule has 0 unspecified atom stereocenters. The zero-order valence-electron chi connectivity index (χ0n) is 23.1. The maximum Gasteiger partial charge on any atom is 1.00 e. The summed E-state index contributed by atoms with van der Waals surface area (Å²) < 4.78 is 36.5. The molecule has 0 aliphatic carbocycles. The summed E-state index contributed by atoms with van der Waals surface area (Å²) in [5.74, 6) is 0. The second-order valence-corrected chi connectivity index (χ2v) is 11.9. The largest absolute Gasteiger partial charge is 1.00 e. The van der Waals surface area contributed by atoms with Gasteiger partial charge in [-0.2, -0.15) is 4.58 Å². The van der Waals surface area contributed by atoms with Crippen LogP contribution in [0.1, 0.15) is 44.4 Å². The molecule has 0 saturated carbocycles. The van der Waals surface area contributed by atoms with Gasteiger partial charge in [0.2, 0.25) is 5.69 Å². The minimum Gasteiger partial charge on any atom is -0.851 e. The Morgan fingerprint density at radius 3 is 2.24 bits per heavy atom. The molecule has 6 nitrogen and oxygen atoms in total. The number of hydrogen-bond acceptors (Lipinski definition) is 5. The third-order valence-corrected chi connectivity index (χ3v) is 8.34. The summed E-state index contributed by atoms with van der Waals surface area (Å²) in [7, 11) is -0.524. The van der Waals surface area contributed by atoms with Gasteiger partial charge in [0.1, 0.15) is 17.2 Å². The van der Waals surface area contributed by atoms with Crippen LogP contribution < -0.4 is 39.6 Å². The van der Waals surface area contributed by atoms with Crippen molar-refractivity contribution in [2.45, 2.75) is 50.0 Å². The maximum absolute atomic E-state index is 11.5. The normalized spacial score (nSPS) is 19.2. The third-order valence-electron chi connectivity index (χ3n) is 7.51. The van der Waals surface area contributed by atoms with Gasteiger partial charge in [-0.1, -0.05) is 61.9 Å². The van der Waals surface area contributed by atoms with Crippen LogP contribution in [0.2, 0.25) is 0 Å². The molecule has 8 heteroatoms. The summed E-state index contributed by atoms with van der Waals surface area (Å²) in [5.41, 5.74) is 6.32. The molecule has 2 aliphatic rings. The first-order chi connectivity index (χ1) is 17.3. The van der Waals surface area contributed by atoms with Gasteiger partial charge in [-0.05, 0) is 43.7 Å². The van der Waals surface area contributed by atoms with E-state index in [0.29, 0.717) is 0 Å². The van der Waals surface area contributed by atoms with Gasteiger partial charge in [0, 0.05) is 41.6 Å². The number of anilines is 1. The van der Waals surface area contributed by atoms with Crippen LogP contribution in [0.3, 0.4) is 0 Å². The topological polar surface area (TPSA) is 86.5 Å². The minimum absolute atomic E-state index is 0. The number of hydrogen-bond donors (Lipinski definition) is 0. The van der Waals surface area contributed by atoms with Crippen LogP contribution in [0.25, 0.3) is 0 Å². The Bertz CT molecular complexity index is 1510. The van der Waals surface area contributed by atoms with E-state index in [1.54, 1.807) is 6.07 Å². The Labute approximate surface area is 248 Å². The van der Waals surface area contributed by atoms with E-state index in [0.717, 1.165) is 33.9 Å². The fourth-order valence-electron chi connectivity index (χ4n) is 5.43. The Morgan fingerprint density at radius 2 is 1.58 bits per heavy atom. The molecule has 0 N–H and O–H groups in total. The Balaban J connectivity index is 0.00000400. The molecule has 0 amide bonds. The van der Waals surface area contributed by atoms with Crippen molar-refractivity contribution < 1.29 is 52.2 Å². The maximum atomic E-state index is 11.5. The number of fused-ring (bicyclic) bond motifs is 2. The monoisotopic (exact) mass is 540 g/mol. The smallest absolute Gasteiger partial charge is 0.851 e. The summed E-state index contributed by atoms with van der Waals surface area (Å²) in [4.78, 5) is 1.97. The molecule has 2 aromatic rings. The number of benzene rings is 2. The predicted octanol–water partition coefficient (Wildman–Crippen LogP) is 1.44. The summed E-state index contributed by atoms with van der Waals surface area (Å²) in [6.45, 7) is 8.17. The van der Waals surface area contributed by atoms with Crippen molar-refractivity contribution in [3.05, 3.63) is 101 Å². The molecule has 2 aromatic carbocycles. The molecule has 0 radical (unpaired) electrons. The Hall–Kier alpha value is -2.26. The average molecular weight is 541 g/mol. The van der Waals surface area contributed by atoms with Gasteiger partial charge < -0.3 is 14.6 Å². The van der Waals surface area contributed by atoms with E-state index < -0.39 is 15.5 Å². The van der Waals surface area contributed by atoms with E-state index in [1.165, 1.54) is 17.7 Å². The van der Waals surface area contributed by atoms with E-state index in [1.807, 2.05) is 87.2 Å². The predicted molar refractivity (Wildman–Crippen MR) is 145 cm³/mol. The third kappa shape index (κ3) is 5.41. The summed E-state index contributed by atoms with van der Waals surface area (Å²) in [6, 6.07) is 10.5. The molecule has 2 aliphatic heterocycles. The molecule has 0 bridgehead atoms. The van der Waals surface area contributed by atoms with Crippen LogP contribution >= 0.6 is 0 Å². The van der Waals surface area contributed by atoms with Gasteiger partial charge in [0.15, 0.2) is 5.71 Å². The van der Waals surface area contributed by atoms with E-state index in [-0.39, 0.29) is 46.5 Å². The number of nitrogens with zero attached hydrogens (tertiary/aromatic N) is 2. The van der Waals surface area contributed by atoms with Gasteiger partial charge in [-0.3, -0.25) is 0 Å². The average Bonchev–Trinajstić information content (AvgIpc) is 3.15. The SMILES string of the molecule is CN1/C(=C/C=C/C=C/C=C/C2=[N+](C)c3ccc(S(=O)(=O)[O-])cc3C2(C)C)C(C)(C)c2cc(C[O-])ccc21.[Na+]. The molecular weight excluding hydrogens is 507 g/mol. The Morgan fingerprint density at radius 1 is 0.921 bits per heavy atom. The van der Waals surface area contributed by atoms with E-state index >= 15 is 0 Å².